The molecule has 0 heterocycles. The van der Waals surface area contributed by atoms with Crippen LogP contribution in [0.4, 0.5) is 0 Å². The van der Waals surface area contributed by atoms with Gasteiger partial charge in [0.2, 0.25) is 0 Å². The monoisotopic (exact) mass is 422 g/mol. The normalized spacial score (nSPS) is 10.7. The summed E-state index contributed by atoms with van der Waals surface area (Å²) in [6.07, 6.45) is 2.51. The molecule has 154 valence electrons. The lowest BCUT2D eigenvalue weighted by Gasteiger charge is -2.07. The number of amides is 1. The Morgan fingerprint density at radius 1 is 1.00 bits per heavy atom. The van der Waals surface area contributed by atoms with Gasteiger partial charge in [-0.1, -0.05) is 42.8 Å². The number of carbonyl (C=O) groups excluding carboxylic acids is 1. The molecular weight excluding hydrogens is 400 g/mol. The third kappa shape index (κ3) is 6.64. The summed E-state index contributed by atoms with van der Waals surface area (Å²) in [6.45, 7) is 3.13. The van der Waals surface area contributed by atoms with Crippen molar-refractivity contribution >= 4 is 23.7 Å². The number of nitrogens with zero attached hydrogens (tertiary/aromatic N) is 1. The van der Waals surface area contributed by atoms with Crippen molar-refractivity contribution in [3.05, 3.63) is 94.5 Å². The molecule has 0 aliphatic rings. The Balaban J connectivity index is 1.52. The first-order chi connectivity index (χ1) is 14.6. The molecule has 0 atom stereocenters. The minimum absolute atomic E-state index is 0.288. The summed E-state index contributed by atoms with van der Waals surface area (Å²) in [4.78, 5) is 12.2. The minimum atomic E-state index is -0.288. The van der Waals surface area contributed by atoms with E-state index in [2.05, 4.69) is 10.5 Å². The van der Waals surface area contributed by atoms with Crippen molar-refractivity contribution in [2.24, 2.45) is 5.10 Å². The zero-order valence-corrected chi connectivity index (χ0v) is 17.4. The number of rotatable bonds is 9. The van der Waals surface area contributed by atoms with Crippen LogP contribution in [0.2, 0.25) is 5.02 Å². The largest absolute Gasteiger partial charge is 0.494 e. The van der Waals surface area contributed by atoms with Crippen LogP contribution < -0.4 is 14.9 Å². The highest BCUT2D eigenvalue weighted by Gasteiger charge is 2.04. The van der Waals surface area contributed by atoms with Gasteiger partial charge in [-0.2, -0.15) is 5.10 Å². The van der Waals surface area contributed by atoms with Crippen LogP contribution in [0, 0.1) is 0 Å². The summed E-state index contributed by atoms with van der Waals surface area (Å²) in [5, 5.41) is 4.73. The first-order valence-corrected chi connectivity index (χ1v) is 10.1. The van der Waals surface area contributed by atoms with E-state index < -0.39 is 0 Å². The fourth-order valence-electron chi connectivity index (χ4n) is 2.58. The Labute approximate surface area is 181 Å². The second kappa shape index (κ2) is 11.0. The lowest BCUT2D eigenvalue weighted by molar-refractivity contribution is 0.0955. The van der Waals surface area contributed by atoms with Crippen LogP contribution in [0.15, 0.2) is 77.9 Å². The molecule has 0 aromatic heterocycles. The van der Waals surface area contributed by atoms with Gasteiger partial charge in [-0.3, -0.25) is 4.79 Å². The number of hydrogen-bond acceptors (Lipinski definition) is 4. The highest BCUT2D eigenvalue weighted by atomic mass is 35.5. The van der Waals surface area contributed by atoms with Crippen LogP contribution in [-0.4, -0.2) is 18.7 Å². The molecule has 0 saturated carbocycles. The van der Waals surface area contributed by atoms with E-state index in [1.165, 1.54) is 0 Å². The number of benzene rings is 3. The molecule has 3 rings (SSSR count). The summed E-state index contributed by atoms with van der Waals surface area (Å²) in [6, 6.07) is 21.9. The standard InChI is InChI=1S/C24H23ClN2O3/c1-2-14-29-22-12-8-20(9-13-22)24(28)27-26-16-19-4-3-5-23(15-19)30-17-18-6-10-21(25)11-7-18/h3-13,15-16H,2,14,17H2,1H3,(H,27,28). The van der Waals surface area contributed by atoms with E-state index in [1.807, 2.05) is 55.5 Å². The zero-order chi connectivity index (χ0) is 21.2. The maximum absolute atomic E-state index is 12.2. The van der Waals surface area contributed by atoms with Gasteiger partial charge in [0, 0.05) is 10.6 Å². The van der Waals surface area contributed by atoms with Gasteiger partial charge >= 0.3 is 0 Å². The quantitative estimate of drug-likeness (QED) is 0.367. The molecule has 0 aliphatic heterocycles. The Hall–Kier alpha value is -3.31. The molecule has 0 bridgehead atoms. The van der Waals surface area contributed by atoms with E-state index in [-0.39, 0.29) is 5.91 Å². The molecule has 6 heteroatoms. The molecule has 3 aromatic carbocycles. The summed E-state index contributed by atoms with van der Waals surface area (Å²) in [5.74, 6) is 1.17. The molecule has 0 fully saturated rings. The van der Waals surface area contributed by atoms with E-state index in [1.54, 1.807) is 30.5 Å². The SMILES string of the molecule is CCCOc1ccc(C(=O)NN=Cc2cccc(OCc3ccc(Cl)cc3)c2)cc1. The van der Waals surface area contributed by atoms with Crippen LogP contribution >= 0.6 is 11.6 Å². The number of ether oxygens (including phenoxy) is 2. The number of halogens is 1. The number of hydrazone groups is 1. The second-order valence-corrected chi connectivity index (χ2v) is 7.00. The highest BCUT2D eigenvalue weighted by molar-refractivity contribution is 6.30. The average Bonchev–Trinajstić information content (AvgIpc) is 2.78. The van der Waals surface area contributed by atoms with Gasteiger partial charge in [-0.25, -0.2) is 5.43 Å². The van der Waals surface area contributed by atoms with E-state index >= 15 is 0 Å². The van der Waals surface area contributed by atoms with E-state index in [4.69, 9.17) is 21.1 Å². The summed E-state index contributed by atoms with van der Waals surface area (Å²) in [7, 11) is 0. The molecule has 30 heavy (non-hydrogen) atoms. The molecule has 0 aliphatic carbocycles. The van der Waals surface area contributed by atoms with Crippen molar-refractivity contribution in [2.75, 3.05) is 6.61 Å². The fraction of sp³-hybridized carbons (Fsp3) is 0.167. The van der Waals surface area contributed by atoms with Crippen molar-refractivity contribution in [3.8, 4) is 11.5 Å². The van der Waals surface area contributed by atoms with E-state index in [0.29, 0.717) is 29.5 Å². The highest BCUT2D eigenvalue weighted by Crippen LogP contribution is 2.16. The summed E-state index contributed by atoms with van der Waals surface area (Å²) in [5.41, 5.74) is 4.88. The lowest BCUT2D eigenvalue weighted by Crippen LogP contribution is -2.17. The number of carbonyl (C=O) groups is 1. The lowest BCUT2D eigenvalue weighted by atomic mass is 10.2. The topological polar surface area (TPSA) is 59.9 Å². The molecule has 0 radical (unpaired) electrons. The van der Waals surface area contributed by atoms with Gasteiger partial charge in [-0.15, -0.1) is 0 Å². The van der Waals surface area contributed by atoms with Gasteiger partial charge in [0.15, 0.2) is 0 Å². The number of nitrogens with one attached hydrogen (secondary N) is 1. The van der Waals surface area contributed by atoms with Gasteiger partial charge in [-0.05, 0) is 66.1 Å². The smallest absolute Gasteiger partial charge is 0.271 e. The summed E-state index contributed by atoms with van der Waals surface area (Å²) < 4.78 is 11.3. The predicted molar refractivity (Wildman–Crippen MR) is 120 cm³/mol. The van der Waals surface area contributed by atoms with Crippen LogP contribution in [0.25, 0.3) is 0 Å². The Kier molecular flexibility index (Phi) is 7.86. The molecule has 1 amide bonds. The van der Waals surface area contributed by atoms with E-state index in [0.717, 1.165) is 23.3 Å². The predicted octanol–water partition coefficient (Wildman–Crippen LogP) is 5.47. The molecule has 1 N–H and O–H groups in total. The Morgan fingerprint density at radius 3 is 2.50 bits per heavy atom. The van der Waals surface area contributed by atoms with Gasteiger partial charge < -0.3 is 9.47 Å². The van der Waals surface area contributed by atoms with Crippen LogP contribution in [-0.2, 0) is 6.61 Å². The van der Waals surface area contributed by atoms with Crippen LogP contribution in [0.1, 0.15) is 34.8 Å². The van der Waals surface area contributed by atoms with Crippen molar-refractivity contribution in [1.82, 2.24) is 5.43 Å². The number of hydrogen-bond donors (Lipinski definition) is 1. The minimum Gasteiger partial charge on any atom is -0.494 e. The first kappa shape index (κ1) is 21.4. The average molecular weight is 423 g/mol. The third-order valence-electron chi connectivity index (χ3n) is 4.15. The Bertz CT molecular complexity index is 986. The van der Waals surface area contributed by atoms with Crippen molar-refractivity contribution < 1.29 is 14.3 Å². The third-order valence-corrected chi connectivity index (χ3v) is 4.40. The molecule has 0 unspecified atom stereocenters. The molecular formula is C24H23ClN2O3. The van der Waals surface area contributed by atoms with Gasteiger partial charge in [0.05, 0.1) is 12.8 Å². The second-order valence-electron chi connectivity index (χ2n) is 6.56. The maximum Gasteiger partial charge on any atom is 0.271 e. The van der Waals surface area contributed by atoms with Crippen molar-refractivity contribution in [1.29, 1.82) is 0 Å². The van der Waals surface area contributed by atoms with Crippen LogP contribution in [0.5, 0.6) is 11.5 Å². The van der Waals surface area contributed by atoms with Crippen LogP contribution in [0.3, 0.4) is 0 Å². The molecule has 3 aromatic rings. The fourth-order valence-corrected chi connectivity index (χ4v) is 2.71. The van der Waals surface area contributed by atoms with E-state index in [9.17, 15) is 4.79 Å². The van der Waals surface area contributed by atoms with Crippen molar-refractivity contribution in [3.63, 3.8) is 0 Å². The zero-order valence-electron chi connectivity index (χ0n) is 16.7. The summed E-state index contributed by atoms with van der Waals surface area (Å²) >= 11 is 5.89. The van der Waals surface area contributed by atoms with Gasteiger partial charge in [0.25, 0.3) is 5.91 Å². The molecule has 0 saturated heterocycles. The first-order valence-electron chi connectivity index (χ1n) is 9.67. The molecule has 0 spiro atoms. The maximum atomic E-state index is 12.2. The van der Waals surface area contributed by atoms with Gasteiger partial charge in [0.1, 0.15) is 18.1 Å². The van der Waals surface area contributed by atoms with Crippen molar-refractivity contribution in [2.45, 2.75) is 20.0 Å². The molecule has 5 nitrogen and oxygen atoms in total. The Morgan fingerprint density at radius 2 is 1.77 bits per heavy atom.